The minimum Gasteiger partial charge on any atom is -0.490 e. The van der Waals surface area contributed by atoms with Crippen molar-refractivity contribution in [3.05, 3.63) is 59.4 Å². The topological polar surface area (TPSA) is 37.4 Å². The molecule has 1 atom stereocenters. The van der Waals surface area contributed by atoms with Crippen LogP contribution in [0.1, 0.15) is 49.0 Å². The number of fused-ring (bicyclic) bond motifs is 1. The van der Waals surface area contributed by atoms with Crippen molar-refractivity contribution < 1.29 is 4.74 Å². The van der Waals surface area contributed by atoms with Crippen LogP contribution in [-0.4, -0.2) is 35.6 Å². The molecule has 0 radical (unpaired) electrons. The van der Waals surface area contributed by atoms with E-state index in [2.05, 4.69) is 53.5 Å². The molecule has 0 amide bonds. The van der Waals surface area contributed by atoms with Crippen LogP contribution in [0.3, 0.4) is 0 Å². The summed E-state index contributed by atoms with van der Waals surface area (Å²) in [5.74, 6) is 1.08. The van der Waals surface area contributed by atoms with Crippen molar-refractivity contribution in [1.82, 2.24) is 15.2 Å². The second kappa shape index (κ2) is 6.92. The number of rotatable bonds is 5. The number of nitrogens with zero attached hydrogens (tertiary/aromatic N) is 2. The van der Waals surface area contributed by atoms with Crippen LogP contribution in [-0.2, 0) is 13.0 Å². The highest BCUT2D eigenvalue weighted by atomic mass is 16.5. The van der Waals surface area contributed by atoms with E-state index in [1.54, 1.807) is 0 Å². The first-order valence-corrected chi connectivity index (χ1v) is 10.4. The van der Waals surface area contributed by atoms with E-state index >= 15 is 0 Å². The summed E-state index contributed by atoms with van der Waals surface area (Å²) in [5, 5.41) is 3.41. The Morgan fingerprint density at radius 1 is 1.19 bits per heavy atom. The molecular formula is C23H29N3O. The van der Waals surface area contributed by atoms with E-state index in [1.165, 1.54) is 42.8 Å². The molecule has 3 heterocycles. The number of ether oxygens (including phenoxy) is 1. The van der Waals surface area contributed by atoms with Crippen LogP contribution in [0, 0.1) is 5.41 Å². The summed E-state index contributed by atoms with van der Waals surface area (Å²) in [5.41, 5.74) is 4.50. The Bertz CT molecular complexity index is 795. The standard InChI is InChI=1S/C23H29N3O/c1-2-20-22-19(9-11-26(20)14-17-6-4-3-5-7-17)25-10-8-21(22)27-18-12-23(13-18)15-24-16-23/h3-8,10,18,20,24H,2,9,11-16H2,1H3. The Morgan fingerprint density at radius 2 is 2.00 bits per heavy atom. The Balaban J connectivity index is 1.37. The molecule has 3 aliphatic rings. The van der Waals surface area contributed by atoms with E-state index in [-0.39, 0.29) is 0 Å². The van der Waals surface area contributed by atoms with Crippen molar-refractivity contribution in [2.45, 2.75) is 51.3 Å². The number of hydrogen-bond donors (Lipinski definition) is 1. The lowest BCUT2D eigenvalue weighted by molar-refractivity contribution is -0.0506. The zero-order chi connectivity index (χ0) is 18.3. The predicted octanol–water partition coefficient (Wildman–Crippen LogP) is 3.72. The third-order valence-electron chi connectivity index (χ3n) is 6.67. The Hall–Kier alpha value is -1.91. The summed E-state index contributed by atoms with van der Waals surface area (Å²) in [4.78, 5) is 7.31. The maximum atomic E-state index is 6.52. The third-order valence-corrected chi connectivity index (χ3v) is 6.67. The van der Waals surface area contributed by atoms with Crippen molar-refractivity contribution in [2.75, 3.05) is 19.6 Å². The monoisotopic (exact) mass is 363 g/mol. The molecule has 142 valence electrons. The number of pyridine rings is 1. The first-order valence-electron chi connectivity index (χ1n) is 10.4. The molecule has 1 aromatic carbocycles. The van der Waals surface area contributed by atoms with Gasteiger partial charge in [0.15, 0.2) is 0 Å². The average molecular weight is 364 g/mol. The van der Waals surface area contributed by atoms with Gasteiger partial charge in [0.05, 0.1) is 11.8 Å². The van der Waals surface area contributed by atoms with Gasteiger partial charge in [0, 0.05) is 55.8 Å². The number of aromatic nitrogens is 1. The van der Waals surface area contributed by atoms with E-state index in [9.17, 15) is 0 Å². The van der Waals surface area contributed by atoms with Gasteiger partial charge in [-0.3, -0.25) is 9.88 Å². The number of benzene rings is 1. The molecule has 1 spiro atoms. The minimum absolute atomic E-state index is 0.376. The highest BCUT2D eigenvalue weighted by molar-refractivity contribution is 5.41. The number of nitrogens with one attached hydrogen (secondary N) is 1. The van der Waals surface area contributed by atoms with E-state index in [0.717, 1.165) is 31.7 Å². The van der Waals surface area contributed by atoms with Gasteiger partial charge < -0.3 is 10.1 Å². The average Bonchev–Trinajstić information content (AvgIpc) is 2.63. The van der Waals surface area contributed by atoms with Crippen LogP contribution in [0.15, 0.2) is 42.6 Å². The lowest BCUT2D eigenvalue weighted by Crippen LogP contribution is -2.62. The smallest absolute Gasteiger partial charge is 0.127 e. The zero-order valence-electron chi connectivity index (χ0n) is 16.2. The highest BCUT2D eigenvalue weighted by Gasteiger charge is 2.50. The number of hydrogen-bond acceptors (Lipinski definition) is 4. The summed E-state index contributed by atoms with van der Waals surface area (Å²) in [6.45, 7) is 6.68. The fourth-order valence-corrected chi connectivity index (χ4v) is 5.15. The molecule has 2 fully saturated rings. The van der Waals surface area contributed by atoms with Crippen molar-refractivity contribution in [3.63, 3.8) is 0 Å². The van der Waals surface area contributed by atoms with Crippen molar-refractivity contribution in [1.29, 1.82) is 0 Å². The first kappa shape index (κ1) is 17.2. The molecule has 27 heavy (non-hydrogen) atoms. The second-order valence-corrected chi connectivity index (χ2v) is 8.55. The molecule has 1 saturated carbocycles. The summed E-state index contributed by atoms with van der Waals surface area (Å²) in [6, 6.07) is 13.3. The Kier molecular flexibility index (Phi) is 4.41. The summed E-state index contributed by atoms with van der Waals surface area (Å²) in [7, 11) is 0. The van der Waals surface area contributed by atoms with Gasteiger partial charge in [-0.2, -0.15) is 0 Å². The molecule has 1 N–H and O–H groups in total. The van der Waals surface area contributed by atoms with Gasteiger partial charge in [-0.15, -0.1) is 0 Å². The van der Waals surface area contributed by atoms with Crippen molar-refractivity contribution in [3.8, 4) is 5.75 Å². The van der Waals surface area contributed by atoms with Gasteiger partial charge in [-0.1, -0.05) is 37.3 Å². The van der Waals surface area contributed by atoms with Crippen LogP contribution in [0.5, 0.6) is 5.75 Å². The van der Waals surface area contributed by atoms with Gasteiger partial charge >= 0.3 is 0 Å². The van der Waals surface area contributed by atoms with Gasteiger partial charge in [0.1, 0.15) is 5.75 Å². The van der Waals surface area contributed by atoms with E-state index in [0.29, 0.717) is 17.6 Å². The summed E-state index contributed by atoms with van der Waals surface area (Å²) in [6.07, 6.45) is 6.80. The fourth-order valence-electron chi connectivity index (χ4n) is 5.15. The van der Waals surface area contributed by atoms with Crippen LogP contribution >= 0.6 is 0 Å². The van der Waals surface area contributed by atoms with Crippen LogP contribution in [0.2, 0.25) is 0 Å². The van der Waals surface area contributed by atoms with Crippen LogP contribution < -0.4 is 10.1 Å². The van der Waals surface area contributed by atoms with Crippen LogP contribution in [0.4, 0.5) is 0 Å². The molecule has 2 aliphatic heterocycles. The Morgan fingerprint density at radius 3 is 2.70 bits per heavy atom. The predicted molar refractivity (Wildman–Crippen MR) is 107 cm³/mol. The van der Waals surface area contributed by atoms with E-state index in [1.807, 2.05) is 6.20 Å². The first-order chi connectivity index (χ1) is 13.3. The quantitative estimate of drug-likeness (QED) is 0.878. The highest BCUT2D eigenvalue weighted by Crippen LogP contribution is 2.47. The molecule has 1 aliphatic carbocycles. The lowest BCUT2D eigenvalue weighted by Gasteiger charge is -2.54. The molecular weight excluding hydrogens is 334 g/mol. The lowest BCUT2D eigenvalue weighted by atomic mass is 9.63. The zero-order valence-corrected chi connectivity index (χ0v) is 16.2. The van der Waals surface area contributed by atoms with E-state index in [4.69, 9.17) is 9.72 Å². The fraction of sp³-hybridized carbons (Fsp3) is 0.522. The molecule has 4 nitrogen and oxygen atoms in total. The van der Waals surface area contributed by atoms with Crippen molar-refractivity contribution >= 4 is 0 Å². The maximum Gasteiger partial charge on any atom is 0.127 e. The largest absolute Gasteiger partial charge is 0.490 e. The Labute approximate surface area is 161 Å². The van der Waals surface area contributed by atoms with Crippen LogP contribution in [0.25, 0.3) is 0 Å². The molecule has 1 unspecified atom stereocenters. The van der Waals surface area contributed by atoms with Gasteiger partial charge in [0.2, 0.25) is 0 Å². The SMILES string of the molecule is CCC1c2c(OC3CC4(CNC4)C3)ccnc2CCN1Cc1ccccc1. The van der Waals surface area contributed by atoms with E-state index < -0.39 is 0 Å². The normalized spacial score (nSPS) is 24.1. The summed E-state index contributed by atoms with van der Waals surface area (Å²) >= 11 is 0. The molecule has 1 aromatic heterocycles. The molecule has 1 saturated heterocycles. The minimum atomic E-state index is 0.376. The van der Waals surface area contributed by atoms with Gasteiger partial charge in [-0.05, 0) is 30.9 Å². The molecule has 2 aromatic rings. The molecule has 4 heteroatoms. The van der Waals surface area contributed by atoms with Crippen molar-refractivity contribution in [2.24, 2.45) is 5.41 Å². The maximum absolute atomic E-state index is 6.52. The molecule has 0 bridgehead atoms. The summed E-state index contributed by atoms with van der Waals surface area (Å²) < 4.78 is 6.52. The third kappa shape index (κ3) is 3.15. The van der Waals surface area contributed by atoms with Gasteiger partial charge in [0.25, 0.3) is 0 Å². The second-order valence-electron chi connectivity index (χ2n) is 8.55. The van der Waals surface area contributed by atoms with Gasteiger partial charge in [-0.25, -0.2) is 0 Å². The molecule has 5 rings (SSSR count).